The average Bonchev–Trinajstić information content (AvgIpc) is 2.74. The minimum Gasteiger partial charge on any atom is -0.355 e. The number of benzene rings is 2. The lowest BCUT2D eigenvalue weighted by Crippen LogP contribution is -2.32. The second-order valence-electron chi connectivity index (χ2n) is 6.90. The van der Waals surface area contributed by atoms with E-state index >= 15 is 0 Å². The number of carbonyl (C=O) groups is 1. The largest absolute Gasteiger partial charge is 0.355 e. The van der Waals surface area contributed by atoms with Gasteiger partial charge in [-0.15, -0.1) is 0 Å². The predicted molar refractivity (Wildman–Crippen MR) is 118 cm³/mol. The van der Waals surface area contributed by atoms with Gasteiger partial charge >= 0.3 is 0 Å². The van der Waals surface area contributed by atoms with Crippen LogP contribution in [-0.2, 0) is 11.2 Å². The Morgan fingerprint density at radius 2 is 1.79 bits per heavy atom. The van der Waals surface area contributed by atoms with Crippen LogP contribution in [0.1, 0.15) is 24.5 Å². The monoisotopic (exact) mass is 407 g/mol. The third-order valence-corrected chi connectivity index (χ3v) is 5.53. The lowest BCUT2D eigenvalue weighted by atomic mass is 10.1. The molecule has 0 spiro atoms. The minimum atomic E-state index is -0.303. The van der Waals surface area contributed by atoms with Gasteiger partial charge in [0.15, 0.2) is 0 Å². The summed E-state index contributed by atoms with van der Waals surface area (Å²) in [4.78, 5) is 24.6. The maximum atomic E-state index is 12.4. The van der Waals surface area contributed by atoms with Gasteiger partial charge in [0, 0.05) is 12.6 Å². The number of nitrogens with zero attached hydrogens (tertiary/aromatic N) is 2. The van der Waals surface area contributed by atoms with Crippen molar-refractivity contribution in [1.82, 2.24) is 15.1 Å². The highest BCUT2D eigenvalue weighted by molar-refractivity contribution is 8.00. The molecule has 0 radical (unpaired) electrons. The van der Waals surface area contributed by atoms with E-state index in [0.29, 0.717) is 17.3 Å². The van der Waals surface area contributed by atoms with Crippen molar-refractivity contribution in [2.24, 2.45) is 0 Å². The predicted octanol–water partition coefficient (Wildman–Crippen LogP) is 3.77. The van der Waals surface area contributed by atoms with Gasteiger partial charge in [-0.2, -0.15) is 9.78 Å². The van der Waals surface area contributed by atoms with Crippen molar-refractivity contribution < 1.29 is 4.79 Å². The highest BCUT2D eigenvalue weighted by Gasteiger charge is 2.15. The molecule has 150 valence electrons. The lowest BCUT2D eigenvalue weighted by molar-refractivity contribution is -0.120. The van der Waals surface area contributed by atoms with Crippen molar-refractivity contribution in [2.45, 2.75) is 37.0 Å². The summed E-state index contributed by atoms with van der Waals surface area (Å²) in [6, 6.07) is 21.0. The Morgan fingerprint density at radius 1 is 1.07 bits per heavy atom. The molecule has 1 N–H and O–H groups in total. The summed E-state index contributed by atoms with van der Waals surface area (Å²) >= 11 is 1.34. The fourth-order valence-corrected chi connectivity index (χ4v) is 3.68. The standard InChI is InChI=1S/C23H25N3O2S/c1-17-10-12-20(13-11-17)26-22(27)15-14-21(25-26)29-18(2)23(28)24-16-6-9-19-7-4-3-5-8-19/h3-5,7-8,10-15,18H,6,9,16H2,1-2H3,(H,24,28). The van der Waals surface area contributed by atoms with Crippen LogP contribution in [0.4, 0.5) is 0 Å². The van der Waals surface area contributed by atoms with Gasteiger partial charge in [0.1, 0.15) is 5.03 Å². The first-order chi connectivity index (χ1) is 14.0. The Kier molecular flexibility index (Phi) is 7.25. The second-order valence-corrected chi connectivity index (χ2v) is 8.26. The van der Waals surface area contributed by atoms with E-state index in [1.165, 1.54) is 28.1 Å². The van der Waals surface area contributed by atoms with Gasteiger partial charge in [-0.3, -0.25) is 9.59 Å². The van der Waals surface area contributed by atoms with Crippen LogP contribution >= 0.6 is 11.8 Å². The Morgan fingerprint density at radius 3 is 2.52 bits per heavy atom. The zero-order valence-electron chi connectivity index (χ0n) is 16.7. The molecule has 6 heteroatoms. The first-order valence-electron chi connectivity index (χ1n) is 9.68. The van der Waals surface area contributed by atoms with E-state index in [1.54, 1.807) is 6.07 Å². The maximum Gasteiger partial charge on any atom is 0.271 e. The molecule has 29 heavy (non-hydrogen) atoms. The van der Waals surface area contributed by atoms with Gasteiger partial charge < -0.3 is 5.32 Å². The van der Waals surface area contributed by atoms with E-state index < -0.39 is 0 Å². The van der Waals surface area contributed by atoms with Crippen molar-refractivity contribution in [3.8, 4) is 5.69 Å². The molecule has 1 unspecified atom stereocenters. The Balaban J connectivity index is 1.55. The molecular weight excluding hydrogens is 382 g/mol. The van der Waals surface area contributed by atoms with Crippen molar-refractivity contribution >= 4 is 17.7 Å². The zero-order chi connectivity index (χ0) is 20.6. The number of aryl methyl sites for hydroxylation is 2. The molecule has 0 aliphatic rings. The lowest BCUT2D eigenvalue weighted by Gasteiger charge is -2.12. The number of thioether (sulfide) groups is 1. The molecule has 0 saturated heterocycles. The van der Waals surface area contributed by atoms with Crippen LogP contribution in [0.25, 0.3) is 5.69 Å². The van der Waals surface area contributed by atoms with E-state index in [0.717, 1.165) is 18.4 Å². The van der Waals surface area contributed by atoms with E-state index in [-0.39, 0.29) is 16.7 Å². The van der Waals surface area contributed by atoms with Crippen LogP contribution < -0.4 is 10.9 Å². The van der Waals surface area contributed by atoms with Gasteiger partial charge in [0.2, 0.25) is 5.91 Å². The first-order valence-corrected chi connectivity index (χ1v) is 10.6. The highest BCUT2D eigenvalue weighted by atomic mass is 32.2. The molecule has 3 aromatic rings. The van der Waals surface area contributed by atoms with Gasteiger partial charge in [-0.25, -0.2) is 0 Å². The summed E-state index contributed by atoms with van der Waals surface area (Å²) in [5, 5.41) is 7.73. The summed E-state index contributed by atoms with van der Waals surface area (Å²) in [5.41, 5.74) is 2.90. The molecule has 0 bridgehead atoms. The van der Waals surface area contributed by atoms with E-state index in [1.807, 2.05) is 56.3 Å². The van der Waals surface area contributed by atoms with E-state index in [9.17, 15) is 9.59 Å². The number of rotatable bonds is 8. The van der Waals surface area contributed by atoms with Crippen molar-refractivity contribution in [3.63, 3.8) is 0 Å². The third-order valence-electron chi connectivity index (χ3n) is 4.51. The van der Waals surface area contributed by atoms with Crippen LogP contribution in [0, 0.1) is 6.92 Å². The molecule has 1 atom stereocenters. The first kappa shape index (κ1) is 20.9. The zero-order valence-corrected chi connectivity index (χ0v) is 17.5. The quantitative estimate of drug-likeness (QED) is 0.456. The Labute approximate surface area is 175 Å². The summed E-state index contributed by atoms with van der Waals surface area (Å²) in [6.07, 6.45) is 1.83. The average molecular weight is 408 g/mol. The molecular formula is C23H25N3O2S. The molecule has 1 amide bonds. The number of hydrogen-bond donors (Lipinski definition) is 1. The summed E-state index contributed by atoms with van der Waals surface area (Å²) in [7, 11) is 0. The summed E-state index contributed by atoms with van der Waals surface area (Å²) < 4.78 is 1.37. The van der Waals surface area contributed by atoms with Crippen LogP contribution in [0.3, 0.4) is 0 Å². The smallest absolute Gasteiger partial charge is 0.271 e. The number of nitrogens with one attached hydrogen (secondary N) is 1. The van der Waals surface area contributed by atoms with E-state index in [2.05, 4.69) is 22.5 Å². The van der Waals surface area contributed by atoms with Gasteiger partial charge in [0.05, 0.1) is 10.9 Å². The van der Waals surface area contributed by atoms with Crippen LogP contribution in [0.2, 0.25) is 0 Å². The number of amides is 1. The van der Waals surface area contributed by atoms with Crippen molar-refractivity contribution in [1.29, 1.82) is 0 Å². The molecule has 0 aliphatic carbocycles. The number of carbonyl (C=O) groups excluding carboxylic acids is 1. The fourth-order valence-electron chi connectivity index (χ4n) is 2.86. The van der Waals surface area contributed by atoms with E-state index in [4.69, 9.17) is 0 Å². The Hall–Kier alpha value is -2.86. The Bertz CT molecular complexity index is 1000. The van der Waals surface area contributed by atoms with Gasteiger partial charge in [-0.05, 0) is 50.5 Å². The topological polar surface area (TPSA) is 64.0 Å². The van der Waals surface area contributed by atoms with Gasteiger partial charge in [0.25, 0.3) is 5.56 Å². The molecule has 1 aromatic heterocycles. The molecule has 5 nitrogen and oxygen atoms in total. The second kappa shape index (κ2) is 10.1. The molecule has 1 heterocycles. The fraction of sp³-hybridized carbons (Fsp3) is 0.261. The van der Waals surface area contributed by atoms with Crippen LogP contribution in [0.15, 0.2) is 76.6 Å². The highest BCUT2D eigenvalue weighted by Crippen LogP contribution is 2.20. The minimum absolute atomic E-state index is 0.0297. The molecule has 0 fully saturated rings. The molecule has 0 aliphatic heterocycles. The van der Waals surface area contributed by atoms with Crippen molar-refractivity contribution in [3.05, 3.63) is 88.2 Å². The van der Waals surface area contributed by atoms with Crippen LogP contribution in [-0.4, -0.2) is 27.5 Å². The molecule has 0 saturated carbocycles. The summed E-state index contributed by atoms with van der Waals surface area (Å²) in [6.45, 7) is 4.47. The summed E-state index contributed by atoms with van der Waals surface area (Å²) in [5.74, 6) is -0.0297. The molecule has 2 aromatic carbocycles. The van der Waals surface area contributed by atoms with Crippen molar-refractivity contribution in [2.75, 3.05) is 6.54 Å². The van der Waals surface area contributed by atoms with Gasteiger partial charge in [-0.1, -0.05) is 59.8 Å². The number of hydrogen-bond acceptors (Lipinski definition) is 4. The normalized spacial score (nSPS) is 11.8. The maximum absolute atomic E-state index is 12.4. The van der Waals surface area contributed by atoms with Crippen LogP contribution in [0.5, 0.6) is 0 Å². The number of aromatic nitrogens is 2. The third kappa shape index (κ3) is 6.06. The molecule has 3 rings (SSSR count). The SMILES string of the molecule is Cc1ccc(-n2nc(SC(C)C(=O)NCCCc3ccccc3)ccc2=O)cc1.